The Morgan fingerprint density at radius 2 is 1.76 bits per heavy atom. The fraction of sp³-hybridized carbons (Fsp3) is 0.526. The van der Waals surface area contributed by atoms with Gasteiger partial charge in [0.25, 0.3) is 0 Å². The number of benzene rings is 1. The van der Waals surface area contributed by atoms with Gasteiger partial charge in [-0.3, -0.25) is 4.79 Å². The number of rotatable bonds is 2. The van der Waals surface area contributed by atoms with Gasteiger partial charge in [0, 0.05) is 0 Å². The normalized spacial score (nSPS) is 26.2. The second kappa shape index (κ2) is 6.79. The molecule has 112 valence electrons. The zero-order chi connectivity index (χ0) is 14.7. The summed E-state index contributed by atoms with van der Waals surface area (Å²) < 4.78 is 0. The molecule has 0 amide bonds. The first kappa shape index (κ1) is 14.8. The van der Waals surface area contributed by atoms with Crippen LogP contribution in [0.4, 0.5) is 0 Å². The number of carbonyl (C=O) groups excluding carboxylic acids is 1. The lowest BCUT2D eigenvalue weighted by Gasteiger charge is -2.24. The maximum Gasteiger partial charge on any atom is 0.176 e. The zero-order valence-electron chi connectivity index (χ0n) is 12.5. The van der Waals surface area contributed by atoms with E-state index in [4.69, 9.17) is 11.6 Å². The van der Waals surface area contributed by atoms with E-state index in [1.165, 1.54) is 43.2 Å². The number of carbonyl (C=O) groups is 1. The number of hydrogen-bond donors (Lipinski definition) is 0. The van der Waals surface area contributed by atoms with Crippen molar-refractivity contribution < 1.29 is 4.79 Å². The molecule has 1 aromatic rings. The summed E-state index contributed by atoms with van der Waals surface area (Å²) in [6.45, 7) is 0. The Kier molecular flexibility index (Phi) is 4.80. The third kappa shape index (κ3) is 3.40. The van der Waals surface area contributed by atoms with Gasteiger partial charge in [-0.15, -0.1) is 11.6 Å². The van der Waals surface area contributed by atoms with Crippen LogP contribution in [0.2, 0.25) is 0 Å². The van der Waals surface area contributed by atoms with Crippen molar-refractivity contribution in [1.29, 1.82) is 0 Å². The standard InChI is InChI=1S/C19H23ClO/c20-18-12-6-10-16(19(18)21)13-15-9-4-5-11-17(15)14-7-2-1-3-8-14/h4-5,9,11,13-14,18H,1-3,6-8,10,12H2. The van der Waals surface area contributed by atoms with Crippen molar-refractivity contribution in [1.82, 2.24) is 0 Å². The monoisotopic (exact) mass is 302 g/mol. The van der Waals surface area contributed by atoms with Gasteiger partial charge in [-0.25, -0.2) is 0 Å². The highest BCUT2D eigenvalue weighted by atomic mass is 35.5. The summed E-state index contributed by atoms with van der Waals surface area (Å²) in [7, 11) is 0. The Morgan fingerprint density at radius 3 is 2.57 bits per heavy atom. The molecule has 0 spiro atoms. The van der Waals surface area contributed by atoms with E-state index < -0.39 is 0 Å². The zero-order valence-corrected chi connectivity index (χ0v) is 13.2. The molecule has 1 unspecified atom stereocenters. The quantitative estimate of drug-likeness (QED) is 0.522. The van der Waals surface area contributed by atoms with Crippen LogP contribution in [-0.4, -0.2) is 11.2 Å². The molecular formula is C19H23ClO. The van der Waals surface area contributed by atoms with Gasteiger partial charge in [-0.05, 0) is 60.8 Å². The highest BCUT2D eigenvalue weighted by Crippen LogP contribution is 2.36. The Hall–Kier alpha value is -1.08. The number of hydrogen-bond acceptors (Lipinski definition) is 1. The van der Waals surface area contributed by atoms with Crippen LogP contribution < -0.4 is 0 Å². The van der Waals surface area contributed by atoms with Gasteiger partial charge in [0.05, 0.1) is 5.38 Å². The Bertz CT molecular complexity index is 540. The molecule has 1 nitrogen and oxygen atoms in total. The fourth-order valence-electron chi connectivity index (χ4n) is 3.69. The number of alkyl halides is 1. The fourth-order valence-corrected chi connectivity index (χ4v) is 3.98. The van der Waals surface area contributed by atoms with Gasteiger partial charge in [0.15, 0.2) is 5.78 Å². The Labute approximate surface area is 132 Å². The first-order valence-electron chi connectivity index (χ1n) is 8.23. The molecule has 0 N–H and O–H groups in total. The smallest absolute Gasteiger partial charge is 0.176 e. The molecule has 2 aliphatic carbocycles. The molecule has 2 saturated carbocycles. The van der Waals surface area contributed by atoms with Crippen LogP contribution in [0, 0.1) is 0 Å². The number of ketones is 1. The molecule has 21 heavy (non-hydrogen) atoms. The van der Waals surface area contributed by atoms with Gasteiger partial charge in [-0.1, -0.05) is 43.5 Å². The first-order valence-corrected chi connectivity index (χ1v) is 8.67. The van der Waals surface area contributed by atoms with Gasteiger partial charge in [0.2, 0.25) is 0 Å². The van der Waals surface area contributed by atoms with E-state index in [1.54, 1.807) is 0 Å². The Balaban J connectivity index is 1.89. The summed E-state index contributed by atoms with van der Waals surface area (Å²) in [6, 6.07) is 8.60. The molecule has 0 heterocycles. The summed E-state index contributed by atoms with van der Waals surface area (Å²) in [6.07, 6.45) is 11.4. The van der Waals surface area contributed by atoms with E-state index in [0.29, 0.717) is 5.92 Å². The predicted molar refractivity (Wildman–Crippen MR) is 88.7 cm³/mol. The van der Waals surface area contributed by atoms with Gasteiger partial charge < -0.3 is 0 Å². The van der Waals surface area contributed by atoms with E-state index in [2.05, 4.69) is 30.3 Å². The molecule has 1 aromatic carbocycles. The average molecular weight is 303 g/mol. The van der Waals surface area contributed by atoms with Crippen molar-refractivity contribution in [3.05, 3.63) is 41.0 Å². The molecule has 1 atom stereocenters. The predicted octanol–water partition coefficient (Wildman–Crippen LogP) is 5.48. The van der Waals surface area contributed by atoms with Gasteiger partial charge in [0.1, 0.15) is 0 Å². The third-order valence-electron chi connectivity index (χ3n) is 4.88. The minimum absolute atomic E-state index is 0.140. The summed E-state index contributed by atoms with van der Waals surface area (Å²) in [5.74, 6) is 0.804. The van der Waals surface area contributed by atoms with E-state index in [-0.39, 0.29) is 11.2 Å². The number of halogens is 1. The van der Waals surface area contributed by atoms with E-state index >= 15 is 0 Å². The largest absolute Gasteiger partial charge is 0.293 e. The summed E-state index contributed by atoms with van der Waals surface area (Å²) >= 11 is 6.13. The van der Waals surface area contributed by atoms with Gasteiger partial charge in [-0.2, -0.15) is 0 Å². The molecule has 0 aliphatic heterocycles. The molecule has 2 fully saturated rings. The minimum Gasteiger partial charge on any atom is -0.293 e. The maximum absolute atomic E-state index is 12.2. The molecule has 3 rings (SSSR count). The summed E-state index contributed by atoms with van der Waals surface area (Å²) in [5.41, 5.74) is 3.58. The number of allylic oxidation sites excluding steroid dienone is 1. The van der Waals surface area contributed by atoms with E-state index in [0.717, 1.165) is 24.8 Å². The molecule has 0 bridgehead atoms. The van der Waals surface area contributed by atoms with Crippen LogP contribution in [0.1, 0.15) is 68.4 Å². The van der Waals surface area contributed by atoms with E-state index in [1.807, 2.05) is 0 Å². The minimum atomic E-state index is -0.313. The topological polar surface area (TPSA) is 17.1 Å². The second-order valence-corrected chi connectivity index (χ2v) is 6.88. The van der Waals surface area contributed by atoms with Crippen molar-refractivity contribution in [2.45, 2.75) is 62.7 Å². The van der Waals surface area contributed by atoms with Gasteiger partial charge >= 0.3 is 0 Å². The summed E-state index contributed by atoms with van der Waals surface area (Å²) in [4.78, 5) is 12.2. The lowest BCUT2D eigenvalue weighted by molar-refractivity contribution is -0.116. The SMILES string of the molecule is O=C1C(=Cc2ccccc2C2CCCCC2)CCCC1Cl. The third-order valence-corrected chi connectivity index (χ3v) is 5.29. The van der Waals surface area contributed by atoms with Crippen LogP contribution in [0.3, 0.4) is 0 Å². The lowest BCUT2D eigenvalue weighted by Crippen LogP contribution is -2.21. The molecule has 2 aliphatic rings. The summed E-state index contributed by atoms with van der Waals surface area (Å²) in [5, 5.41) is -0.313. The highest BCUT2D eigenvalue weighted by Gasteiger charge is 2.25. The molecule has 0 radical (unpaired) electrons. The van der Waals surface area contributed by atoms with Crippen LogP contribution >= 0.6 is 11.6 Å². The Morgan fingerprint density at radius 1 is 1.00 bits per heavy atom. The molecule has 0 aromatic heterocycles. The second-order valence-electron chi connectivity index (χ2n) is 6.36. The van der Waals surface area contributed by atoms with Crippen LogP contribution in [-0.2, 0) is 4.79 Å². The average Bonchev–Trinajstić information content (AvgIpc) is 2.53. The van der Waals surface area contributed by atoms with Crippen molar-refractivity contribution in [3.8, 4) is 0 Å². The van der Waals surface area contributed by atoms with Crippen molar-refractivity contribution in [2.24, 2.45) is 0 Å². The first-order chi connectivity index (χ1) is 10.3. The molecular weight excluding hydrogens is 280 g/mol. The molecule has 2 heteroatoms. The van der Waals surface area contributed by atoms with E-state index in [9.17, 15) is 4.79 Å². The van der Waals surface area contributed by atoms with Crippen molar-refractivity contribution >= 4 is 23.5 Å². The van der Waals surface area contributed by atoms with Crippen molar-refractivity contribution in [3.63, 3.8) is 0 Å². The molecule has 0 saturated heterocycles. The van der Waals surface area contributed by atoms with Crippen molar-refractivity contribution in [2.75, 3.05) is 0 Å². The van der Waals surface area contributed by atoms with Crippen LogP contribution in [0.5, 0.6) is 0 Å². The lowest BCUT2D eigenvalue weighted by atomic mass is 9.81. The number of Topliss-reactive ketones (excluding diaryl/α,β-unsaturated/α-hetero) is 1. The maximum atomic E-state index is 12.2. The highest BCUT2D eigenvalue weighted by molar-refractivity contribution is 6.34. The van der Waals surface area contributed by atoms with Crippen LogP contribution in [0.25, 0.3) is 6.08 Å². The van der Waals surface area contributed by atoms with Crippen LogP contribution in [0.15, 0.2) is 29.8 Å².